The summed E-state index contributed by atoms with van der Waals surface area (Å²) >= 11 is 5.13. The first-order chi connectivity index (χ1) is 12.1. The van der Waals surface area contributed by atoms with E-state index in [1.807, 2.05) is 47.8 Å². The Labute approximate surface area is 160 Å². The summed E-state index contributed by atoms with van der Waals surface area (Å²) in [5.41, 5.74) is 2.15. The van der Waals surface area contributed by atoms with E-state index < -0.39 is 5.97 Å². The number of benzene rings is 1. The summed E-state index contributed by atoms with van der Waals surface area (Å²) in [6.07, 6.45) is 5.30. The van der Waals surface area contributed by atoms with E-state index in [1.165, 1.54) is 16.9 Å². The molecule has 0 bridgehead atoms. The molecule has 1 aromatic heterocycles. The van der Waals surface area contributed by atoms with Gasteiger partial charge in [0.15, 0.2) is 0 Å². The molecule has 0 saturated carbocycles. The molecule has 0 atom stereocenters. The molecule has 0 fully saturated rings. The lowest BCUT2D eigenvalue weighted by atomic mass is 10.0. The highest BCUT2D eigenvalue weighted by molar-refractivity contribution is 8.16. The Morgan fingerprint density at radius 3 is 2.80 bits per heavy atom. The number of rotatable bonds is 4. The molecule has 1 aliphatic heterocycles. The van der Waals surface area contributed by atoms with Crippen LogP contribution in [-0.4, -0.2) is 30.2 Å². The number of hydrogen-bond acceptors (Lipinski definition) is 5. The molecule has 2 heterocycles. The monoisotopic (exact) mass is 390 g/mol. The average molecular weight is 391 g/mol. The van der Waals surface area contributed by atoms with Crippen molar-refractivity contribution in [2.75, 3.05) is 19.1 Å². The van der Waals surface area contributed by atoms with Crippen LogP contribution in [0.25, 0.3) is 0 Å². The molecule has 3 nitrogen and oxygen atoms in total. The minimum Gasteiger partial charge on any atom is -0.493 e. The van der Waals surface area contributed by atoms with Crippen molar-refractivity contribution in [2.45, 2.75) is 16.9 Å². The van der Waals surface area contributed by atoms with E-state index in [0.717, 1.165) is 34.1 Å². The second-order valence-electron chi connectivity index (χ2n) is 5.56. The van der Waals surface area contributed by atoms with Crippen LogP contribution in [0.15, 0.2) is 30.3 Å². The first-order valence-corrected chi connectivity index (χ1v) is 11.0. The molecule has 1 aliphatic rings. The van der Waals surface area contributed by atoms with Gasteiger partial charge in [-0.25, -0.2) is 0 Å². The minimum absolute atomic E-state index is 0.0167. The highest BCUT2D eigenvalue weighted by atomic mass is 32.2. The number of ether oxygens (including phenoxy) is 1. The molecule has 0 radical (unpaired) electrons. The highest BCUT2D eigenvalue weighted by Gasteiger charge is 2.36. The van der Waals surface area contributed by atoms with Crippen molar-refractivity contribution >= 4 is 40.8 Å². The molecule has 0 saturated heterocycles. The second-order valence-corrected chi connectivity index (χ2v) is 9.19. The van der Waals surface area contributed by atoms with Crippen LogP contribution in [0.3, 0.4) is 0 Å². The van der Waals surface area contributed by atoms with Gasteiger partial charge >= 0.3 is 5.97 Å². The van der Waals surface area contributed by atoms with Crippen LogP contribution in [0, 0.1) is 11.8 Å². The predicted molar refractivity (Wildman–Crippen MR) is 107 cm³/mol. The van der Waals surface area contributed by atoms with E-state index in [0.29, 0.717) is 0 Å². The third-order valence-electron chi connectivity index (χ3n) is 4.06. The molecule has 0 spiro atoms. The lowest BCUT2D eigenvalue weighted by Gasteiger charge is -2.36. The largest absolute Gasteiger partial charge is 0.493 e. The van der Waals surface area contributed by atoms with Crippen molar-refractivity contribution in [1.82, 2.24) is 0 Å². The zero-order valence-electron chi connectivity index (χ0n) is 14.0. The highest BCUT2D eigenvalue weighted by Crippen LogP contribution is 2.52. The Bertz CT molecular complexity index is 841. The fraction of sp³-hybridized carbons (Fsp3) is 0.316. The fourth-order valence-electron chi connectivity index (χ4n) is 2.79. The van der Waals surface area contributed by atoms with Crippen LogP contribution in [0.4, 0.5) is 0 Å². The summed E-state index contributed by atoms with van der Waals surface area (Å²) in [5, 5.41) is 8.85. The van der Waals surface area contributed by atoms with Gasteiger partial charge in [0.25, 0.3) is 0 Å². The first kappa shape index (κ1) is 18.2. The van der Waals surface area contributed by atoms with Crippen LogP contribution in [0.1, 0.15) is 27.3 Å². The first-order valence-electron chi connectivity index (χ1n) is 7.76. The Morgan fingerprint density at radius 2 is 2.08 bits per heavy atom. The van der Waals surface area contributed by atoms with E-state index in [2.05, 4.69) is 30.4 Å². The Kier molecular flexibility index (Phi) is 5.67. The molecule has 0 aliphatic carbocycles. The predicted octanol–water partition coefficient (Wildman–Crippen LogP) is 4.44. The summed E-state index contributed by atoms with van der Waals surface area (Å²) in [5.74, 6) is 6.48. The van der Waals surface area contributed by atoms with Crippen molar-refractivity contribution in [3.05, 3.63) is 51.2 Å². The van der Waals surface area contributed by atoms with Crippen molar-refractivity contribution < 1.29 is 14.6 Å². The maximum Gasteiger partial charge on any atom is 0.308 e. The molecule has 1 aromatic carbocycles. The van der Waals surface area contributed by atoms with Gasteiger partial charge in [-0.05, 0) is 42.8 Å². The van der Waals surface area contributed by atoms with Crippen LogP contribution < -0.4 is 4.74 Å². The number of carbonyl (C=O) groups is 1. The Morgan fingerprint density at radius 1 is 1.28 bits per heavy atom. The van der Waals surface area contributed by atoms with Crippen molar-refractivity contribution in [3.63, 3.8) is 0 Å². The summed E-state index contributed by atoms with van der Waals surface area (Å²) in [7, 11) is 0. The van der Waals surface area contributed by atoms with Gasteiger partial charge in [-0.1, -0.05) is 11.8 Å². The number of thiophene rings is 1. The lowest BCUT2D eigenvalue weighted by Crippen LogP contribution is -2.26. The Balaban J connectivity index is 1.88. The summed E-state index contributed by atoms with van der Waals surface area (Å²) in [6, 6.07) is 9.82. The van der Waals surface area contributed by atoms with E-state index >= 15 is 0 Å². The second kappa shape index (κ2) is 7.77. The van der Waals surface area contributed by atoms with Crippen LogP contribution in [0.2, 0.25) is 0 Å². The quantitative estimate of drug-likeness (QED) is 0.618. The maximum atomic E-state index is 10.8. The van der Waals surface area contributed by atoms with Gasteiger partial charge in [0.05, 0.1) is 22.0 Å². The van der Waals surface area contributed by atoms with Crippen LogP contribution in [-0.2, 0) is 15.3 Å². The standard InChI is InChI=1S/C19H18O3S3/c1-23-19(24-2)9-10-22-17-8-4-13(11-16(17)19)3-5-14-6-7-15(25-14)12-18(20)21/h4,6-8,11H,9-10,12H2,1-2H3,(H,20,21). The van der Waals surface area contributed by atoms with Gasteiger partial charge in [-0.3, -0.25) is 4.79 Å². The molecule has 6 heteroatoms. The fourth-order valence-corrected chi connectivity index (χ4v) is 5.64. The van der Waals surface area contributed by atoms with Gasteiger partial charge in [0.2, 0.25) is 0 Å². The maximum absolute atomic E-state index is 10.8. The number of hydrogen-bond donors (Lipinski definition) is 1. The third-order valence-corrected chi connectivity index (χ3v) is 8.22. The molecule has 0 unspecified atom stereocenters. The topological polar surface area (TPSA) is 46.5 Å². The van der Waals surface area contributed by atoms with Gasteiger partial charge in [-0.2, -0.15) is 0 Å². The summed E-state index contributed by atoms with van der Waals surface area (Å²) < 4.78 is 5.83. The van der Waals surface area contributed by atoms with Crippen molar-refractivity contribution in [1.29, 1.82) is 0 Å². The smallest absolute Gasteiger partial charge is 0.308 e. The van der Waals surface area contributed by atoms with Crippen molar-refractivity contribution in [3.8, 4) is 17.6 Å². The summed E-state index contributed by atoms with van der Waals surface area (Å²) in [6.45, 7) is 0.737. The van der Waals surface area contributed by atoms with Gasteiger partial charge in [-0.15, -0.1) is 34.9 Å². The van der Waals surface area contributed by atoms with Gasteiger partial charge in [0, 0.05) is 22.4 Å². The molecular formula is C19H18O3S3. The van der Waals surface area contributed by atoms with E-state index in [1.54, 1.807) is 0 Å². The Hall–Kier alpha value is -1.55. The molecule has 3 rings (SSSR count). The van der Waals surface area contributed by atoms with Crippen molar-refractivity contribution in [2.24, 2.45) is 0 Å². The molecule has 0 amide bonds. The van der Waals surface area contributed by atoms with Crippen LogP contribution >= 0.6 is 34.9 Å². The number of carboxylic acids is 1. The SMILES string of the molecule is CSC1(SC)CCOc2ccc(C#Cc3ccc(CC(=O)O)s3)cc21. The van der Waals surface area contributed by atoms with Gasteiger partial charge in [0.1, 0.15) is 5.75 Å². The minimum atomic E-state index is -0.818. The van der Waals surface area contributed by atoms with Crippen LogP contribution in [0.5, 0.6) is 5.75 Å². The van der Waals surface area contributed by atoms with Gasteiger partial charge < -0.3 is 9.84 Å². The summed E-state index contributed by atoms with van der Waals surface area (Å²) in [4.78, 5) is 12.5. The van der Waals surface area contributed by atoms with E-state index in [4.69, 9.17) is 9.84 Å². The number of thioether (sulfide) groups is 2. The molecule has 25 heavy (non-hydrogen) atoms. The zero-order chi connectivity index (χ0) is 17.9. The molecule has 1 N–H and O–H groups in total. The number of aliphatic carboxylic acids is 1. The molecule has 2 aromatic rings. The molecule has 130 valence electrons. The number of fused-ring (bicyclic) bond motifs is 1. The van der Waals surface area contributed by atoms with E-state index in [-0.39, 0.29) is 10.5 Å². The normalized spacial score (nSPS) is 14.8. The van der Waals surface area contributed by atoms with E-state index in [9.17, 15) is 4.79 Å². The number of carboxylic acid groups (broad SMARTS) is 1. The third kappa shape index (κ3) is 4.00. The zero-order valence-corrected chi connectivity index (χ0v) is 16.4. The molecular weight excluding hydrogens is 372 g/mol. The average Bonchev–Trinajstić information content (AvgIpc) is 3.06. The lowest BCUT2D eigenvalue weighted by molar-refractivity contribution is -0.136.